The second kappa shape index (κ2) is 5.57. The maximum Gasteiger partial charge on any atom is 0.296 e. The van der Waals surface area contributed by atoms with Crippen LogP contribution in [0.5, 0.6) is 0 Å². The fraction of sp³-hybridized carbons (Fsp3) is 0.500. The van der Waals surface area contributed by atoms with E-state index in [0.29, 0.717) is 13.2 Å². The van der Waals surface area contributed by atoms with Gasteiger partial charge in [-0.05, 0) is 11.5 Å². The molecule has 6 nitrogen and oxygen atoms in total. The van der Waals surface area contributed by atoms with Crippen LogP contribution < -0.4 is 5.48 Å². The zero-order valence-electron chi connectivity index (χ0n) is 7.02. The number of aromatic nitrogens is 2. The molecule has 0 aliphatic heterocycles. The van der Waals surface area contributed by atoms with Crippen LogP contribution in [0, 0.1) is 0 Å². The highest BCUT2D eigenvalue weighted by atomic mass is 32.1. The number of methoxy groups -OCH3 is 1. The summed E-state index contributed by atoms with van der Waals surface area (Å²) in [6, 6.07) is 0. The molecule has 1 aromatic rings. The van der Waals surface area contributed by atoms with E-state index in [1.54, 1.807) is 7.11 Å². The van der Waals surface area contributed by atoms with Gasteiger partial charge in [0, 0.05) is 12.5 Å². The summed E-state index contributed by atoms with van der Waals surface area (Å²) in [6.07, 6.45) is 0. The number of ether oxygens (including phenoxy) is 1. The number of hydrogen-bond donors (Lipinski definition) is 1. The summed E-state index contributed by atoms with van der Waals surface area (Å²) in [7, 11) is 1.55. The quantitative estimate of drug-likeness (QED) is 0.532. The number of hydroxylamine groups is 1. The maximum absolute atomic E-state index is 11.1. The fourth-order valence-electron chi connectivity index (χ4n) is 0.557. The zero-order chi connectivity index (χ0) is 9.52. The Kier molecular flexibility index (Phi) is 4.30. The lowest BCUT2D eigenvalue weighted by Crippen LogP contribution is -2.25. The molecule has 0 saturated heterocycles. The highest BCUT2D eigenvalue weighted by molar-refractivity contribution is 7.03. The van der Waals surface area contributed by atoms with Crippen LogP contribution in [-0.2, 0) is 9.57 Å². The van der Waals surface area contributed by atoms with Crippen molar-refractivity contribution >= 4 is 17.4 Å². The van der Waals surface area contributed by atoms with Gasteiger partial charge >= 0.3 is 0 Å². The van der Waals surface area contributed by atoms with E-state index in [-0.39, 0.29) is 5.69 Å². The summed E-state index contributed by atoms with van der Waals surface area (Å²) >= 11 is 1.11. The Labute approximate surface area is 79.0 Å². The van der Waals surface area contributed by atoms with Crippen molar-refractivity contribution in [1.82, 2.24) is 15.1 Å². The summed E-state index contributed by atoms with van der Waals surface area (Å²) in [4.78, 5) is 15.9. The zero-order valence-corrected chi connectivity index (χ0v) is 7.84. The summed E-state index contributed by atoms with van der Waals surface area (Å²) in [5.74, 6) is -0.398. The third-order valence-electron chi connectivity index (χ3n) is 1.15. The van der Waals surface area contributed by atoms with Crippen molar-refractivity contribution in [2.24, 2.45) is 0 Å². The van der Waals surface area contributed by atoms with Crippen LogP contribution in [0.3, 0.4) is 0 Å². The highest BCUT2D eigenvalue weighted by Crippen LogP contribution is 1.95. The molecule has 0 atom stereocenters. The van der Waals surface area contributed by atoms with E-state index in [4.69, 9.17) is 9.57 Å². The van der Waals surface area contributed by atoms with Crippen molar-refractivity contribution in [2.45, 2.75) is 0 Å². The molecule has 0 spiro atoms. The van der Waals surface area contributed by atoms with Crippen LogP contribution in [0.1, 0.15) is 10.5 Å². The Balaban J connectivity index is 2.19. The van der Waals surface area contributed by atoms with Crippen LogP contribution in [0.2, 0.25) is 0 Å². The first-order valence-corrected chi connectivity index (χ1v) is 4.36. The van der Waals surface area contributed by atoms with E-state index >= 15 is 0 Å². The number of rotatable bonds is 5. The Morgan fingerprint density at radius 2 is 2.54 bits per heavy atom. The Morgan fingerprint density at radius 3 is 3.15 bits per heavy atom. The topological polar surface area (TPSA) is 73.3 Å². The number of carbonyl (C=O) groups excluding carboxylic acids is 1. The molecule has 1 N–H and O–H groups in total. The average molecular weight is 203 g/mol. The molecular formula is C6H9N3O3S. The molecule has 0 aromatic carbocycles. The summed E-state index contributed by atoms with van der Waals surface area (Å²) in [6.45, 7) is 0.732. The molecule has 0 fully saturated rings. The van der Waals surface area contributed by atoms with Gasteiger partial charge in [-0.25, -0.2) is 5.48 Å². The van der Waals surface area contributed by atoms with Gasteiger partial charge in [0.05, 0.1) is 13.2 Å². The van der Waals surface area contributed by atoms with Gasteiger partial charge in [0.15, 0.2) is 5.69 Å². The van der Waals surface area contributed by atoms with Gasteiger partial charge in [0.25, 0.3) is 5.91 Å². The average Bonchev–Trinajstić information content (AvgIpc) is 2.65. The number of carbonyl (C=O) groups is 1. The van der Waals surface area contributed by atoms with E-state index < -0.39 is 5.91 Å². The first-order chi connectivity index (χ1) is 6.34. The third-order valence-corrected chi connectivity index (χ3v) is 1.65. The minimum Gasteiger partial charge on any atom is -0.382 e. The van der Waals surface area contributed by atoms with Gasteiger partial charge in [-0.3, -0.25) is 9.63 Å². The Bertz CT molecular complexity index is 252. The first-order valence-electron chi connectivity index (χ1n) is 3.52. The van der Waals surface area contributed by atoms with Crippen LogP contribution >= 0.6 is 11.5 Å². The van der Waals surface area contributed by atoms with E-state index in [1.165, 1.54) is 5.38 Å². The van der Waals surface area contributed by atoms with Gasteiger partial charge in [-0.15, -0.1) is 5.10 Å². The third kappa shape index (κ3) is 3.45. The lowest BCUT2D eigenvalue weighted by Gasteiger charge is -2.02. The van der Waals surface area contributed by atoms with E-state index in [0.717, 1.165) is 11.5 Å². The normalized spacial score (nSPS) is 9.92. The molecule has 1 rings (SSSR count). The van der Waals surface area contributed by atoms with Gasteiger partial charge in [0.1, 0.15) is 0 Å². The highest BCUT2D eigenvalue weighted by Gasteiger charge is 2.07. The SMILES string of the molecule is COCCONC(=O)c1csnn1. The largest absolute Gasteiger partial charge is 0.382 e. The van der Waals surface area contributed by atoms with E-state index in [2.05, 4.69) is 15.1 Å². The molecule has 0 bridgehead atoms. The minimum absolute atomic E-state index is 0.252. The molecule has 0 unspecified atom stereocenters. The number of amides is 1. The second-order valence-corrected chi connectivity index (χ2v) is 2.67. The maximum atomic E-state index is 11.1. The molecule has 1 amide bonds. The van der Waals surface area contributed by atoms with Crippen LogP contribution in [0.4, 0.5) is 0 Å². The molecule has 0 aliphatic carbocycles. The Morgan fingerprint density at radius 1 is 1.69 bits per heavy atom. The molecule has 7 heteroatoms. The van der Waals surface area contributed by atoms with Crippen molar-refractivity contribution in [3.8, 4) is 0 Å². The fourth-order valence-corrected chi connectivity index (χ4v) is 0.994. The van der Waals surface area contributed by atoms with Crippen LogP contribution in [-0.4, -0.2) is 35.8 Å². The van der Waals surface area contributed by atoms with Crippen molar-refractivity contribution < 1.29 is 14.4 Å². The van der Waals surface area contributed by atoms with Crippen LogP contribution in [0.15, 0.2) is 5.38 Å². The summed E-state index contributed by atoms with van der Waals surface area (Å²) in [5.41, 5.74) is 2.46. The smallest absolute Gasteiger partial charge is 0.296 e. The first kappa shape index (κ1) is 10.0. The summed E-state index contributed by atoms with van der Waals surface area (Å²) in [5, 5.41) is 5.10. The lowest BCUT2D eigenvalue weighted by molar-refractivity contribution is 0.00858. The lowest BCUT2D eigenvalue weighted by atomic mass is 10.5. The van der Waals surface area contributed by atoms with Gasteiger partial charge < -0.3 is 4.74 Å². The van der Waals surface area contributed by atoms with E-state index in [9.17, 15) is 4.79 Å². The van der Waals surface area contributed by atoms with Crippen molar-refractivity contribution in [3.05, 3.63) is 11.1 Å². The van der Waals surface area contributed by atoms with Gasteiger partial charge in [-0.2, -0.15) is 0 Å². The van der Waals surface area contributed by atoms with E-state index in [1.807, 2.05) is 0 Å². The molecule has 72 valence electrons. The van der Waals surface area contributed by atoms with Crippen molar-refractivity contribution in [1.29, 1.82) is 0 Å². The number of nitrogens with one attached hydrogen (secondary N) is 1. The molecule has 1 aromatic heterocycles. The molecule has 0 radical (unpaired) electrons. The van der Waals surface area contributed by atoms with Gasteiger partial charge in [-0.1, -0.05) is 4.49 Å². The number of nitrogens with zero attached hydrogens (tertiary/aromatic N) is 2. The van der Waals surface area contributed by atoms with Gasteiger partial charge in [0.2, 0.25) is 0 Å². The molecular weight excluding hydrogens is 194 g/mol. The summed E-state index contributed by atoms with van der Waals surface area (Å²) < 4.78 is 8.25. The number of hydrogen-bond acceptors (Lipinski definition) is 6. The Hall–Kier alpha value is -1.05. The molecule has 13 heavy (non-hydrogen) atoms. The predicted octanol–water partition coefficient (Wildman–Crippen LogP) is -0.154. The van der Waals surface area contributed by atoms with Crippen molar-refractivity contribution in [2.75, 3.05) is 20.3 Å². The molecule has 1 heterocycles. The monoisotopic (exact) mass is 203 g/mol. The van der Waals surface area contributed by atoms with Crippen LogP contribution in [0.25, 0.3) is 0 Å². The predicted molar refractivity (Wildman–Crippen MR) is 45.2 cm³/mol. The van der Waals surface area contributed by atoms with Crippen molar-refractivity contribution in [3.63, 3.8) is 0 Å². The molecule has 0 aliphatic rings. The second-order valence-electron chi connectivity index (χ2n) is 2.06. The molecule has 0 saturated carbocycles. The standard InChI is InChI=1S/C6H9N3O3S/c1-11-2-3-12-8-6(10)5-4-13-9-7-5/h4H,2-3H2,1H3,(H,8,10). The minimum atomic E-state index is -0.398.